The van der Waals surface area contributed by atoms with Crippen LogP contribution in [0.4, 0.5) is 5.82 Å². The first-order valence-corrected chi connectivity index (χ1v) is 9.75. The number of aliphatic hydroxyl groups is 2. The molecule has 1 unspecified atom stereocenters. The van der Waals surface area contributed by atoms with Gasteiger partial charge in [0, 0.05) is 5.56 Å². The van der Waals surface area contributed by atoms with Gasteiger partial charge >= 0.3 is 0 Å². The van der Waals surface area contributed by atoms with Gasteiger partial charge in [-0.25, -0.2) is 15.0 Å². The molecule has 3 N–H and O–H groups in total. The van der Waals surface area contributed by atoms with Gasteiger partial charge in [0.05, 0.1) is 20.8 Å². The molecule has 1 aromatic carbocycles. The zero-order valence-corrected chi connectivity index (χ0v) is 17.3. The molecule has 1 amide bonds. The lowest BCUT2D eigenvalue weighted by molar-refractivity contribution is -0.0636. The molecule has 3 aromatic rings. The average molecular weight is 435 g/mol. The molecular weight excluding hydrogens is 413 g/mol. The first-order valence-electron chi connectivity index (χ1n) is 9.75. The molecule has 3 heterocycles. The quantitative estimate of drug-likeness (QED) is 0.378. The summed E-state index contributed by atoms with van der Waals surface area (Å²) < 4.78 is 12.9. The van der Waals surface area contributed by atoms with E-state index in [0.29, 0.717) is 16.7 Å². The van der Waals surface area contributed by atoms with E-state index < -0.39 is 31.1 Å². The maximum absolute atomic E-state index is 12.5. The van der Waals surface area contributed by atoms with Gasteiger partial charge in [-0.3, -0.25) is 9.36 Å². The van der Waals surface area contributed by atoms with E-state index in [-0.39, 0.29) is 18.3 Å². The Labute approximate surface area is 186 Å². The van der Waals surface area contributed by atoms with Gasteiger partial charge in [-0.15, -0.1) is 6.42 Å². The van der Waals surface area contributed by atoms with Crippen molar-refractivity contribution in [1.29, 1.82) is 0 Å². The molecule has 1 saturated heterocycles. The second-order valence-corrected chi connectivity index (χ2v) is 6.58. The lowest BCUT2D eigenvalue weighted by Gasteiger charge is -2.21. The Morgan fingerprint density at radius 2 is 2.06 bits per heavy atom. The Balaban J connectivity index is 0.00000141. The summed E-state index contributed by atoms with van der Waals surface area (Å²) in [5.74, 6) is 2.24. The second kappa shape index (κ2) is 10.8. The van der Waals surface area contributed by atoms with Crippen LogP contribution in [0.15, 0.2) is 43.0 Å². The number of anilines is 1. The van der Waals surface area contributed by atoms with Crippen LogP contribution in [0.3, 0.4) is 0 Å². The number of ether oxygens (including phenoxy) is 2. The Kier molecular flexibility index (Phi) is 7.91. The number of aromatic nitrogens is 4. The van der Waals surface area contributed by atoms with E-state index in [1.165, 1.54) is 19.5 Å². The van der Waals surface area contributed by atoms with Crippen LogP contribution in [0, 0.1) is 12.3 Å². The first-order chi connectivity index (χ1) is 15.6. The van der Waals surface area contributed by atoms with E-state index in [1.807, 2.05) is 6.07 Å². The smallest absolute Gasteiger partial charge is 0.256 e. The molecule has 0 spiro atoms. The number of amides is 1. The summed E-state index contributed by atoms with van der Waals surface area (Å²) in [4.78, 5) is 25.1. The average Bonchev–Trinajstić information content (AvgIpc) is 3.40. The van der Waals surface area contributed by atoms with Crippen molar-refractivity contribution in [3.8, 4) is 12.3 Å². The largest absolute Gasteiger partial charge is 0.394 e. The number of terminal acetylenes is 1. The molecule has 0 saturated carbocycles. The fraction of sp³-hybridized carbons (Fsp3) is 0.333. The SMILES string of the molecule is C#CCO[C@H]1C(O)[C@@H](CO)O[C@H]1n1cnc2c(NC(=O)c3ccccc3)ncnc21.[B]C. The van der Waals surface area contributed by atoms with Crippen LogP contribution in [0.5, 0.6) is 0 Å². The number of benzene rings is 1. The normalized spacial score (nSPS) is 22.1. The summed E-state index contributed by atoms with van der Waals surface area (Å²) in [6.07, 6.45) is 4.38. The van der Waals surface area contributed by atoms with Crippen LogP contribution < -0.4 is 5.32 Å². The number of fused-ring (bicyclic) bond motifs is 1. The number of aliphatic hydroxyl groups excluding tert-OH is 2. The molecular formula is C21H22BN5O5. The van der Waals surface area contributed by atoms with Gasteiger partial charge in [0.15, 0.2) is 23.2 Å². The first kappa shape index (κ1) is 23.4. The van der Waals surface area contributed by atoms with Crippen molar-refractivity contribution < 1.29 is 24.5 Å². The molecule has 4 rings (SSSR count). The van der Waals surface area contributed by atoms with Crippen molar-refractivity contribution in [2.24, 2.45) is 0 Å². The van der Waals surface area contributed by atoms with E-state index in [2.05, 4.69) is 34.0 Å². The number of carbonyl (C=O) groups excluding carboxylic acids is 1. The Bertz CT molecular complexity index is 1090. The second-order valence-electron chi connectivity index (χ2n) is 6.58. The maximum Gasteiger partial charge on any atom is 0.256 e. The summed E-state index contributed by atoms with van der Waals surface area (Å²) in [7, 11) is 4.50. The number of rotatable bonds is 6. The molecule has 10 nitrogen and oxygen atoms in total. The van der Waals surface area contributed by atoms with Crippen molar-refractivity contribution in [3.63, 3.8) is 0 Å². The predicted molar refractivity (Wildman–Crippen MR) is 117 cm³/mol. The highest BCUT2D eigenvalue weighted by Gasteiger charge is 2.45. The molecule has 164 valence electrons. The highest BCUT2D eigenvalue weighted by Crippen LogP contribution is 2.34. The summed E-state index contributed by atoms with van der Waals surface area (Å²) in [6, 6.07) is 8.70. The minimum atomic E-state index is -1.09. The third-order valence-electron chi connectivity index (χ3n) is 4.75. The van der Waals surface area contributed by atoms with Gasteiger partial charge in [-0.1, -0.05) is 30.9 Å². The molecule has 2 aromatic heterocycles. The number of imidazole rings is 1. The third kappa shape index (κ3) is 4.63. The van der Waals surface area contributed by atoms with Crippen LogP contribution >= 0.6 is 0 Å². The molecule has 0 bridgehead atoms. The van der Waals surface area contributed by atoms with E-state index >= 15 is 0 Å². The fourth-order valence-electron chi connectivity index (χ4n) is 3.32. The minimum absolute atomic E-state index is 0.0419. The van der Waals surface area contributed by atoms with Crippen LogP contribution in [0.25, 0.3) is 11.2 Å². The Hall–Kier alpha value is -3.30. The van der Waals surface area contributed by atoms with Crippen molar-refractivity contribution in [2.45, 2.75) is 31.4 Å². The molecule has 11 heteroatoms. The molecule has 1 fully saturated rings. The predicted octanol–water partition coefficient (Wildman–Crippen LogP) is 0.551. The number of hydrogen-bond donors (Lipinski definition) is 3. The molecule has 32 heavy (non-hydrogen) atoms. The van der Waals surface area contributed by atoms with Gasteiger partial charge in [0.1, 0.15) is 31.2 Å². The maximum atomic E-state index is 12.5. The van der Waals surface area contributed by atoms with Crippen LogP contribution in [0.2, 0.25) is 6.82 Å². The van der Waals surface area contributed by atoms with Crippen molar-refractivity contribution in [3.05, 3.63) is 48.5 Å². The number of carbonyl (C=O) groups is 1. The summed E-state index contributed by atoms with van der Waals surface area (Å²) >= 11 is 0. The van der Waals surface area contributed by atoms with E-state index in [0.717, 1.165) is 0 Å². The highest BCUT2D eigenvalue weighted by atomic mass is 16.6. The van der Waals surface area contributed by atoms with E-state index in [9.17, 15) is 15.0 Å². The van der Waals surface area contributed by atoms with Crippen molar-refractivity contribution in [1.82, 2.24) is 19.5 Å². The minimum Gasteiger partial charge on any atom is -0.394 e. The van der Waals surface area contributed by atoms with Crippen LogP contribution in [0.1, 0.15) is 16.6 Å². The molecule has 2 radical (unpaired) electrons. The topological polar surface area (TPSA) is 132 Å². The third-order valence-corrected chi connectivity index (χ3v) is 4.75. The van der Waals surface area contributed by atoms with E-state index in [4.69, 9.17) is 15.9 Å². The van der Waals surface area contributed by atoms with Gasteiger partial charge in [0.2, 0.25) is 0 Å². The zero-order chi connectivity index (χ0) is 23.1. The lowest BCUT2D eigenvalue weighted by atomic mass is 10.1. The fourth-order valence-corrected chi connectivity index (χ4v) is 3.32. The molecule has 0 aliphatic carbocycles. The van der Waals surface area contributed by atoms with E-state index in [1.54, 1.807) is 28.8 Å². The number of nitrogens with one attached hydrogen (secondary N) is 1. The summed E-state index contributed by atoms with van der Waals surface area (Å²) in [5, 5.41) is 22.6. The van der Waals surface area contributed by atoms with Crippen molar-refractivity contribution in [2.75, 3.05) is 18.5 Å². The van der Waals surface area contributed by atoms with Crippen LogP contribution in [-0.4, -0.2) is 75.0 Å². The highest BCUT2D eigenvalue weighted by molar-refractivity contribution is 6.06. The molecule has 1 aliphatic rings. The molecule has 4 atom stereocenters. The lowest BCUT2D eigenvalue weighted by Crippen LogP contribution is -2.35. The van der Waals surface area contributed by atoms with Gasteiger partial charge in [0.25, 0.3) is 5.91 Å². The monoisotopic (exact) mass is 435 g/mol. The number of hydrogen-bond acceptors (Lipinski definition) is 8. The Morgan fingerprint density at radius 1 is 1.31 bits per heavy atom. The zero-order valence-electron chi connectivity index (χ0n) is 17.3. The molecule has 1 aliphatic heterocycles. The van der Waals surface area contributed by atoms with Gasteiger partial charge in [-0.2, -0.15) is 0 Å². The van der Waals surface area contributed by atoms with Crippen LogP contribution in [-0.2, 0) is 9.47 Å². The van der Waals surface area contributed by atoms with Gasteiger partial charge < -0.3 is 25.0 Å². The Morgan fingerprint density at radius 3 is 2.75 bits per heavy atom. The summed E-state index contributed by atoms with van der Waals surface area (Å²) in [6.45, 7) is 1.06. The van der Waals surface area contributed by atoms with Crippen molar-refractivity contribution >= 4 is 30.7 Å². The van der Waals surface area contributed by atoms with Gasteiger partial charge in [-0.05, 0) is 12.1 Å². The summed E-state index contributed by atoms with van der Waals surface area (Å²) in [5.41, 5.74) is 1.17. The number of nitrogens with zero attached hydrogens (tertiary/aromatic N) is 4. The standard InChI is InChI=1S/C20H19N5O5.CH3B/c1-2-8-29-16-15(27)13(9-26)30-20(16)25-11-23-14-17(21-10-22-18(14)25)24-19(28)12-6-4-3-5-7-12;1-2/h1,3-7,10-11,13,15-16,20,26-27H,8-9H2,(H,21,22,24,28);1H3/t13-,15?,16+,20-;/m1./s1.